The number of amides is 2. The van der Waals surface area contributed by atoms with Gasteiger partial charge in [-0.2, -0.15) is 4.31 Å². The van der Waals surface area contributed by atoms with Crippen LogP contribution in [0.3, 0.4) is 0 Å². The fraction of sp³-hybridized carbons (Fsp3) is 0.600. The van der Waals surface area contributed by atoms with Crippen LogP contribution in [0.1, 0.15) is 9.67 Å². The summed E-state index contributed by atoms with van der Waals surface area (Å²) in [6.45, 7) is 3.15. The average molecular weight is 403 g/mol. The number of carbonyl (C=O) groups is 2. The van der Waals surface area contributed by atoms with Crippen LogP contribution in [-0.4, -0.2) is 94.1 Å². The van der Waals surface area contributed by atoms with Crippen LogP contribution in [0.15, 0.2) is 16.3 Å². The Morgan fingerprint density at radius 3 is 2.31 bits per heavy atom. The molecule has 144 valence electrons. The summed E-state index contributed by atoms with van der Waals surface area (Å²) in [7, 11) is -2.59. The van der Waals surface area contributed by atoms with Gasteiger partial charge in [-0.3, -0.25) is 0 Å². The Morgan fingerprint density at radius 2 is 1.69 bits per heavy atom. The number of rotatable bonds is 3. The van der Waals surface area contributed by atoms with Gasteiger partial charge in [-0.05, 0) is 11.4 Å². The van der Waals surface area contributed by atoms with Crippen molar-refractivity contribution in [2.24, 2.45) is 0 Å². The number of ether oxygens (including phenoxy) is 2. The van der Waals surface area contributed by atoms with Crippen molar-refractivity contribution in [1.82, 2.24) is 14.1 Å². The molecule has 2 saturated heterocycles. The molecule has 1 aromatic rings. The number of hydrogen-bond acceptors (Lipinski definition) is 7. The van der Waals surface area contributed by atoms with Crippen LogP contribution >= 0.6 is 11.3 Å². The number of methoxy groups -OCH3 is 1. The van der Waals surface area contributed by atoms with E-state index in [2.05, 4.69) is 4.74 Å². The fourth-order valence-corrected chi connectivity index (χ4v) is 5.69. The molecule has 0 N–H and O–H groups in total. The Labute approximate surface area is 156 Å². The lowest BCUT2D eigenvalue weighted by Gasteiger charge is -2.38. The standard InChI is InChI=1S/C15H21N3O6S2/c1-23-14(19)13-12(2-11-25-13)26(21,22)18-5-3-16(4-6-18)15(20)17-7-9-24-10-8-17/h2,11H,3-10H2,1H3. The van der Waals surface area contributed by atoms with Crippen LogP contribution in [0.4, 0.5) is 4.79 Å². The number of thiophene rings is 1. The minimum Gasteiger partial charge on any atom is -0.465 e. The van der Waals surface area contributed by atoms with Gasteiger partial charge in [0.1, 0.15) is 9.77 Å². The van der Waals surface area contributed by atoms with Crippen LogP contribution in [0, 0.1) is 0 Å². The van der Waals surface area contributed by atoms with Crippen molar-refractivity contribution >= 4 is 33.4 Å². The zero-order chi connectivity index (χ0) is 18.7. The minimum atomic E-state index is -3.81. The molecule has 0 radical (unpaired) electrons. The van der Waals surface area contributed by atoms with E-state index in [9.17, 15) is 18.0 Å². The molecule has 2 aliphatic rings. The van der Waals surface area contributed by atoms with Gasteiger partial charge >= 0.3 is 12.0 Å². The van der Waals surface area contributed by atoms with Crippen molar-refractivity contribution in [3.8, 4) is 0 Å². The second-order valence-corrected chi connectivity index (χ2v) is 8.70. The van der Waals surface area contributed by atoms with Gasteiger partial charge in [0.2, 0.25) is 10.0 Å². The molecular formula is C15H21N3O6S2. The minimum absolute atomic E-state index is 0.0395. The third-order valence-corrected chi connectivity index (χ3v) is 7.37. The molecule has 1 aromatic heterocycles. The highest BCUT2D eigenvalue weighted by Crippen LogP contribution is 2.26. The maximum atomic E-state index is 12.9. The molecule has 0 unspecified atom stereocenters. The number of hydrogen-bond donors (Lipinski definition) is 0. The first-order valence-electron chi connectivity index (χ1n) is 8.22. The van der Waals surface area contributed by atoms with Crippen molar-refractivity contribution in [3.05, 3.63) is 16.3 Å². The second-order valence-electron chi connectivity index (χ2n) is 5.88. The van der Waals surface area contributed by atoms with E-state index in [0.717, 1.165) is 11.3 Å². The summed E-state index contributed by atoms with van der Waals surface area (Å²) < 4.78 is 36.9. The lowest BCUT2D eigenvalue weighted by molar-refractivity contribution is 0.0405. The predicted octanol–water partition coefficient (Wildman–Crippen LogP) is 0.293. The molecule has 2 fully saturated rings. The van der Waals surface area contributed by atoms with Gasteiger partial charge in [-0.15, -0.1) is 11.3 Å². The quantitative estimate of drug-likeness (QED) is 0.673. The summed E-state index contributed by atoms with van der Waals surface area (Å²) in [5.41, 5.74) is 0. The summed E-state index contributed by atoms with van der Waals surface area (Å²) in [5, 5.41) is 1.55. The summed E-state index contributed by atoms with van der Waals surface area (Å²) >= 11 is 1.03. The fourth-order valence-electron chi connectivity index (χ4n) is 2.96. The molecule has 3 rings (SSSR count). The van der Waals surface area contributed by atoms with Crippen molar-refractivity contribution in [2.75, 3.05) is 59.6 Å². The number of urea groups is 1. The molecule has 0 atom stereocenters. The maximum absolute atomic E-state index is 12.9. The van der Waals surface area contributed by atoms with Crippen molar-refractivity contribution in [1.29, 1.82) is 0 Å². The smallest absolute Gasteiger partial charge is 0.349 e. The lowest BCUT2D eigenvalue weighted by Crippen LogP contribution is -2.55. The summed E-state index contributed by atoms with van der Waals surface area (Å²) in [5.74, 6) is -0.667. The van der Waals surface area contributed by atoms with Gasteiger partial charge in [0.25, 0.3) is 0 Å². The third kappa shape index (κ3) is 3.70. The molecule has 26 heavy (non-hydrogen) atoms. The summed E-state index contributed by atoms with van der Waals surface area (Å²) in [6.07, 6.45) is 0. The van der Waals surface area contributed by atoms with Gasteiger partial charge in [-0.1, -0.05) is 0 Å². The first kappa shape index (κ1) is 19.1. The molecule has 0 bridgehead atoms. The Hall–Kier alpha value is -1.69. The van der Waals surface area contributed by atoms with Crippen LogP contribution in [0.5, 0.6) is 0 Å². The molecule has 3 heterocycles. The predicted molar refractivity (Wildman–Crippen MR) is 93.8 cm³/mol. The van der Waals surface area contributed by atoms with Gasteiger partial charge in [-0.25, -0.2) is 18.0 Å². The number of sulfonamides is 1. The van der Waals surface area contributed by atoms with E-state index in [1.54, 1.807) is 15.2 Å². The molecular weight excluding hydrogens is 382 g/mol. The normalized spacial score (nSPS) is 19.4. The second kappa shape index (κ2) is 7.91. The first-order valence-corrected chi connectivity index (χ1v) is 10.5. The highest BCUT2D eigenvalue weighted by Gasteiger charge is 2.34. The zero-order valence-corrected chi connectivity index (χ0v) is 16.1. The van der Waals surface area contributed by atoms with Crippen molar-refractivity contribution < 1.29 is 27.5 Å². The van der Waals surface area contributed by atoms with E-state index in [4.69, 9.17) is 4.74 Å². The maximum Gasteiger partial charge on any atom is 0.349 e. The van der Waals surface area contributed by atoms with Crippen LogP contribution in [0.25, 0.3) is 0 Å². The molecule has 0 aliphatic carbocycles. The number of piperazine rings is 1. The topological polar surface area (TPSA) is 96.5 Å². The molecule has 0 saturated carbocycles. The van der Waals surface area contributed by atoms with E-state index in [1.807, 2.05) is 0 Å². The first-order chi connectivity index (χ1) is 12.4. The van der Waals surface area contributed by atoms with E-state index >= 15 is 0 Å². The molecule has 11 heteroatoms. The number of nitrogens with zero attached hydrogens (tertiary/aromatic N) is 3. The highest BCUT2D eigenvalue weighted by atomic mass is 32.2. The molecule has 0 spiro atoms. The Kier molecular flexibility index (Phi) is 5.80. The van der Waals surface area contributed by atoms with Gasteiger partial charge < -0.3 is 19.3 Å². The Balaban J connectivity index is 1.66. The summed E-state index contributed by atoms with van der Waals surface area (Å²) in [4.78, 5) is 27.7. The molecule has 9 nitrogen and oxygen atoms in total. The lowest BCUT2D eigenvalue weighted by atomic mass is 10.3. The SMILES string of the molecule is COC(=O)c1sccc1S(=O)(=O)N1CCN(C(=O)N2CCOCC2)CC1. The largest absolute Gasteiger partial charge is 0.465 e. The Morgan fingerprint density at radius 1 is 1.08 bits per heavy atom. The van der Waals surface area contributed by atoms with Crippen LogP contribution < -0.4 is 0 Å². The molecule has 2 amide bonds. The number of carbonyl (C=O) groups excluding carboxylic acids is 2. The van der Waals surface area contributed by atoms with Crippen molar-refractivity contribution in [2.45, 2.75) is 4.90 Å². The van der Waals surface area contributed by atoms with Crippen LogP contribution in [0.2, 0.25) is 0 Å². The van der Waals surface area contributed by atoms with E-state index < -0.39 is 16.0 Å². The van der Waals surface area contributed by atoms with E-state index in [-0.39, 0.29) is 28.9 Å². The van der Waals surface area contributed by atoms with Gasteiger partial charge in [0.05, 0.1) is 20.3 Å². The summed E-state index contributed by atoms with van der Waals surface area (Å²) in [6, 6.07) is 1.33. The van der Waals surface area contributed by atoms with E-state index in [0.29, 0.717) is 39.4 Å². The van der Waals surface area contributed by atoms with E-state index in [1.165, 1.54) is 17.5 Å². The molecule has 0 aromatic carbocycles. The monoisotopic (exact) mass is 403 g/mol. The highest BCUT2D eigenvalue weighted by molar-refractivity contribution is 7.89. The molecule has 2 aliphatic heterocycles. The van der Waals surface area contributed by atoms with Crippen LogP contribution in [-0.2, 0) is 19.5 Å². The third-order valence-electron chi connectivity index (χ3n) is 4.41. The van der Waals surface area contributed by atoms with Gasteiger partial charge in [0, 0.05) is 39.3 Å². The Bertz CT molecular complexity index is 764. The average Bonchev–Trinajstić information content (AvgIpc) is 3.18. The van der Waals surface area contributed by atoms with Gasteiger partial charge in [0.15, 0.2) is 0 Å². The number of esters is 1. The number of morpholine rings is 1. The van der Waals surface area contributed by atoms with Crippen molar-refractivity contribution in [3.63, 3.8) is 0 Å². The zero-order valence-electron chi connectivity index (χ0n) is 14.4.